The number of nitrogens with one attached hydrogen (secondary N) is 1. The molecule has 0 heterocycles. The van der Waals surface area contributed by atoms with Crippen molar-refractivity contribution in [3.63, 3.8) is 0 Å². The highest BCUT2D eigenvalue weighted by molar-refractivity contribution is 7.99. The largest absolute Gasteiger partial charge is 0.481 e. The number of aliphatic carboxylic acids is 1. The molecule has 0 aliphatic heterocycles. The summed E-state index contributed by atoms with van der Waals surface area (Å²) in [5.41, 5.74) is 3.88. The predicted molar refractivity (Wildman–Crippen MR) is 154 cm³/mol. The predicted octanol–water partition coefficient (Wildman–Crippen LogP) is 7.37. The van der Waals surface area contributed by atoms with Crippen molar-refractivity contribution >= 4 is 29.4 Å². The van der Waals surface area contributed by atoms with Gasteiger partial charge < -0.3 is 10.4 Å². The van der Waals surface area contributed by atoms with E-state index in [-0.39, 0.29) is 6.03 Å². The van der Waals surface area contributed by atoms with Gasteiger partial charge in [0.1, 0.15) is 0 Å². The van der Waals surface area contributed by atoms with Crippen LogP contribution in [0.15, 0.2) is 119 Å². The quantitative estimate of drug-likeness (QED) is 0.215. The number of carboxylic acid groups (broad SMARTS) is 1. The summed E-state index contributed by atoms with van der Waals surface area (Å²) in [7, 11) is 0. The van der Waals surface area contributed by atoms with Crippen LogP contribution in [0.2, 0.25) is 0 Å². The number of benzene rings is 4. The van der Waals surface area contributed by atoms with Crippen LogP contribution in [-0.2, 0) is 17.8 Å². The standard InChI is InChI=1S/C32H32N2O3S/c1-2-30(31(35)36)26-13-17-28(18-14-26)38-29-19-15-27(16-20-29)34(22-21-24-9-5-3-6-10-24)32(37)33-23-25-11-7-4-8-12-25/h3-20,30H,2,21-23H2,1H3,(H,33,37)(H,35,36). The van der Waals surface area contributed by atoms with Gasteiger partial charge in [-0.3, -0.25) is 9.69 Å². The number of hydrogen-bond acceptors (Lipinski definition) is 3. The third-order valence-corrected chi connectivity index (χ3v) is 7.39. The van der Waals surface area contributed by atoms with E-state index in [0.29, 0.717) is 19.5 Å². The molecule has 0 saturated heterocycles. The van der Waals surface area contributed by atoms with Gasteiger partial charge in [-0.2, -0.15) is 0 Å². The first-order chi connectivity index (χ1) is 18.5. The Morgan fingerprint density at radius 2 is 1.34 bits per heavy atom. The van der Waals surface area contributed by atoms with Gasteiger partial charge in [0.25, 0.3) is 0 Å². The van der Waals surface area contributed by atoms with Gasteiger partial charge in [0.15, 0.2) is 0 Å². The van der Waals surface area contributed by atoms with Crippen molar-refractivity contribution in [2.24, 2.45) is 0 Å². The average Bonchev–Trinajstić information content (AvgIpc) is 2.95. The molecule has 0 aromatic heterocycles. The van der Waals surface area contributed by atoms with Crippen molar-refractivity contribution in [1.29, 1.82) is 0 Å². The van der Waals surface area contributed by atoms with E-state index in [1.54, 1.807) is 16.7 Å². The van der Waals surface area contributed by atoms with Gasteiger partial charge in [-0.25, -0.2) is 4.79 Å². The Hall–Kier alpha value is -4.03. The molecule has 0 saturated carbocycles. The minimum atomic E-state index is -0.798. The average molecular weight is 525 g/mol. The highest BCUT2D eigenvalue weighted by Crippen LogP contribution is 2.31. The van der Waals surface area contributed by atoms with Crippen LogP contribution in [0.5, 0.6) is 0 Å². The molecule has 4 aromatic carbocycles. The van der Waals surface area contributed by atoms with Gasteiger partial charge in [0, 0.05) is 28.6 Å². The summed E-state index contributed by atoms with van der Waals surface area (Å²) < 4.78 is 0. The summed E-state index contributed by atoms with van der Waals surface area (Å²) >= 11 is 1.60. The molecule has 2 N–H and O–H groups in total. The molecule has 4 aromatic rings. The zero-order valence-corrected chi connectivity index (χ0v) is 22.2. The maximum absolute atomic E-state index is 13.2. The summed E-state index contributed by atoms with van der Waals surface area (Å²) in [5, 5.41) is 12.5. The van der Waals surface area contributed by atoms with E-state index >= 15 is 0 Å². The topological polar surface area (TPSA) is 69.6 Å². The van der Waals surface area contributed by atoms with E-state index in [1.165, 1.54) is 5.56 Å². The van der Waals surface area contributed by atoms with E-state index in [2.05, 4.69) is 17.4 Å². The maximum atomic E-state index is 13.2. The highest BCUT2D eigenvalue weighted by atomic mass is 32.2. The molecule has 1 atom stereocenters. The fourth-order valence-corrected chi connectivity index (χ4v) is 5.07. The Labute approximate surface area is 228 Å². The monoisotopic (exact) mass is 524 g/mol. The molecule has 1 unspecified atom stereocenters. The summed E-state index contributed by atoms with van der Waals surface area (Å²) in [4.78, 5) is 28.5. The van der Waals surface area contributed by atoms with Crippen LogP contribution in [-0.4, -0.2) is 23.7 Å². The Bertz CT molecular complexity index is 1310. The molecule has 5 nitrogen and oxygen atoms in total. The van der Waals surface area contributed by atoms with Crippen LogP contribution in [0.4, 0.5) is 10.5 Å². The van der Waals surface area contributed by atoms with E-state index in [9.17, 15) is 14.7 Å². The molecule has 6 heteroatoms. The Morgan fingerprint density at radius 3 is 1.89 bits per heavy atom. The Kier molecular flexibility index (Phi) is 9.59. The van der Waals surface area contributed by atoms with Crippen molar-refractivity contribution in [2.75, 3.05) is 11.4 Å². The Morgan fingerprint density at radius 1 is 0.789 bits per heavy atom. The lowest BCUT2D eigenvalue weighted by Gasteiger charge is -2.24. The summed E-state index contributed by atoms with van der Waals surface area (Å²) in [5.74, 6) is -1.28. The minimum Gasteiger partial charge on any atom is -0.481 e. The molecule has 194 valence electrons. The normalized spacial score (nSPS) is 11.5. The minimum absolute atomic E-state index is 0.135. The molecule has 0 spiro atoms. The van der Waals surface area contributed by atoms with Crippen LogP contribution in [0, 0.1) is 0 Å². The van der Waals surface area contributed by atoms with Crippen molar-refractivity contribution in [3.8, 4) is 0 Å². The number of carbonyl (C=O) groups excluding carboxylic acids is 1. The maximum Gasteiger partial charge on any atom is 0.322 e. The van der Waals surface area contributed by atoms with Crippen LogP contribution in [0.3, 0.4) is 0 Å². The molecule has 0 fully saturated rings. The molecular formula is C32H32N2O3S. The number of carbonyl (C=O) groups is 2. The first-order valence-electron chi connectivity index (χ1n) is 12.8. The van der Waals surface area contributed by atoms with Gasteiger partial charge in [0.2, 0.25) is 0 Å². The third-order valence-electron chi connectivity index (χ3n) is 6.37. The summed E-state index contributed by atoms with van der Waals surface area (Å²) in [6.45, 7) is 2.90. The third kappa shape index (κ3) is 7.49. The first kappa shape index (κ1) is 27.0. The van der Waals surface area contributed by atoms with Crippen LogP contribution >= 0.6 is 11.8 Å². The number of amides is 2. The summed E-state index contributed by atoms with van der Waals surface area (Å²) in [6.07, 6.45) is 1.31. The van der Waals surface area contributed by atoms with Crippen molar-refractivity contribution in [2.45, 2.75) is 42.0 Å². The number of carboxylic acids is 1. The molecule has 38 heavy (non-hydrogen) atoms. The van der Waals surface area contributed by atoms with Gasteiger partial charge >= 0.3 is 12.0 Å². The van der Waals surface area contributed by atoms with E-state index < -0.39 is 11.9 Å². The fraction of sp³-hybridized carbons (Fsp3) is 0.188. The molecule has 0 radical (unpaired) electrons. The van der Waals surface area contributed by atoms with Crippen molar-refractivity contribution in [3.05, 3.63) is 126 Å². The van der Waals surface area contributed by atoms with Crippen molar-refractivity contribution < 1.29 is 14.7 Å². The van der Waals surface area contributed by atoms with Gasteiger partial charge in [-0.05, 0) is 65.9 Å². The van der Waals surface area contributed by atoms with Crippen molar-refractivity contribution in [1.82, 2.24) is 5.32 Å². The lowest BCUT2D eigenvalue weighted by molar-refractivity contribution is -0.138. The first-order valence-corrected chi connectivity index (χ1v) is 13.6. The molecular weight excluding hydrogens is 492 g/mol. The SMILES string of the molecule is CCC(C(=O)O)c1ccc(Sc2ccc(N(CCc3ccccc3)C(=O)NCc3ccccc3)cc2)cc1. The summed E-state index contributed by atoms with van der Waals surface area (Å²) in [6, 6.07) is 35.6. The van der Waals surface area contributed by atoms with Crippen LogP contribution < -0.4 is 10.2 Å². The zero-order valence-electron chi connectivity index (χ0n) is 21.4. The van der Waals surface area contributed by atoms with Gasteiger partial charge in [-0.1, -0.05) is 91.5 Å². The molecule has 0 aliphatic carbocycles. The lowest BCUT2D eigenvalue weighted by atomic mass is 9.97. The molecule has 0 bridgehead atoms. The number of urea groups is 1. The zero-order chi connectivity index (χ0) is 26.7. The molecule has 0 aliphatic rings. The number of nitrogens with zero attached hydrogens (tertiary/aromatic N) is 1. The fourth-order valence-electron chi connectivity index (χ4n) is 4.25. The Balaban J connectivity index is 1.45. The van der Waals surface area contributed by atoms with E-state index in [4.69, 9.17) is 0 Å². The number of rotatable bonds is 11. The second kappa shape index (κ2) is 13.5. The lowest BCUT2D eigenvalue weighted by Crippen LogP contribution is -2.41. The highest BCUT2D eigenvalue weighted by Gasteiger charge is 2.18. The van der Waals surface area contributed by atoms with Crippen LogP contribution in [0.1, 0.15) is 36.0 Å². The van der Waals surface area contributed by atoms with E-state index in [1.807, 2.05) is 104 Å². The van der Waals surface area contributed by atoms with Crippen LogP contribution in [0.25, 0.3) is 0 Å². The van der Waals surface area contributed by atoms with Gasteiger partial charge in [0.05, 0.1) is 5.92 Å². The second-order valence-corrected chi connectivity index (χ2v) is 10.1. The van der Waals surface area contributed by atoms with E-state index in [0.717, 1.165) is 33.0 Å². The second-order valence-electron chi connectivity index (χ2n) is 9.00. The molecule has 2 amide bonds. The number of anilines is 1. The smallest absolute Gasteiger partial charge is 0.322 e. The van der Waals surface area contributed by atoms with Gasteiger partial charge in [-0.15, -0.1) is 0 Å². The number of hydrogen-bond donors (Lipinski definition) is 2. The molecule has 4 rings (SSSR count).